The Morgan fingerprint density at radius 1 is 1.43 bits per heavy atom. The number of hydrogen-bond donors (Lipinski definition) is 1. The average Bonchev–Trinajstić information content (AvgIpc) is 2.18. The minimum Gasteiger partial charge on any atom is -0.398 e. The summed E-state index contributed by atoms with van der Waals surface area (Å²) in [4.78, 5) is 4.80. The Bertz CT molecular complexity index is 314. The standard InChI is InChI=1S/C11H15BrN2/c12-9-3-1-2-8(6-9)10-7-14-5-4-11(10)13/h4-5,7-9H,1-3,6H2,(H2,13,14). The van der Waals surface area contributed by atoms with Crippen molar-refractivity contribution in [3.63, 3.8) is 0 Å². The first-order valence-electron chi connectivity index (χ1n) is 5.11. The predicted octanol–water partition coefficient (Wildman–Crippen LogP) is 3.08. The minimum atomic E-state index is 0.599. The first-order chi connectivity index (χ1) is 6.77. The van der Waals surface area contributed by atoms with E-state index in [1.165, 1.54) is 31.2 Å². The van der Waals surface area contributed by atoms with Gasteiger partial charge in [-0.05, 0) is 36.8 Å². The topological polar surface area (TPSA) is 38.9 Å². The van der Waals surface area contributed by atoms with Gasteiger partial charge in [-0.1, -0.05) is 22.4 Å². The lowest BCUT2D eigenvalue weighted by Gasteiger charge is -2.26. The van der Waals surface area contributed by atoms with E-state index < -0.39 is 0 Å². The molecule has 1 aliphatic carbocycles. The van der Waals surface area contributed by atoms with Crippen molar-refractivity contribution in [3.8, 4) is 0 Å². The zero-order valence-corrected chi connectivity index (χ0v) is 9.70. The van der Waals surface area contributed by atoms with Crippen molar-refractivity contribution >= 4 is 21.6 Å². The third-order valence-corrected chi connectivity index (χ3v) is 3.77. The Balaban J connectivity index is 2.18. The molecule has 0 radical (unpaired) electrons. The van der Waals surface area contributed by atoms with E-state index in [1.54, 1.807) is 6.20 Å². The van der Waals surface area contributed by atoms with E-state index in [9.17, 15) is 0 Å². The van der Waals surface area contributed by atoms with Crippen LogP contribution < -0.4 is 5.73 Å². The van der Waals surface area contributed by atoms with Crippen molar-refractivity contribution in [2.45, 2.75) is 36.4 Å². The number of alkyl halides is 1. The van der Waals surface area contributed by atoms with E-state index in [2.05, 4.69) is 20.9 Å². The predicted molar refractivity (Wildman–Crippen MR) is 62.6 cm³/mol. The molecule has 76 valence electrons. The van der Waals surface area contributed by atoms with Crippen molar-refractivity contribution in [2.75, 3.05) is 5.73 Å². The fourth-order valence-electron chi connectivity index (χ4n) is 2.17. The molecule has 0 amide bonds. The molecule has 0 bridgehead atoms. The highest BCUT2D eigenvalue weighted by atomic mass is 79.9. The number of aromatic nitrogens is 1. The number of pyridine rings is 1. The molecule has 1 fully saturated rings. The molecule has 0 saturated heterocycles. The summed E-state index contributed by atoms with van der Waals surface area (Å²) in [7, 11) is 0. The summed E-state index contributed by atoms with van der Waals surface area (Å²) in [5.74, 6) is 0.599. The lowest BCUT2D eigenvalue weighted by Crippen LogP contribution is -2.14. The molecule has 2 rings (SSSR count). The molecular formula is C11H15BrN2. The molecule has 2 unspecified atom stereocenters. The van der Waals surface area contributed by atoms with Gasteiger partial charge < -0.3 is 5.73 Å². The van der Waals surface area contributed by atoms with Crippen LogP contribution in [0.25, 0.3) is 0 Å². The number of hydrogen-bond acceptors (Lipinski definition) is 2. The highest BCUT2D eigenvalue weighted by Gasteiger charge is 2.22. The summed E-state index contributed by atoms with van der Waals surface area (Å²) in [6, 6.07) is 1.90. The van der Waals surface area contributed by atoms with E-state index in [-0.39, 0.29) is 0 Å². The van der Waals surface area contributed by atoms with Gasteiger partial charge in [-0.15, -0.1) is 0 Å². The molecule has 0 spiro atoms. The van der Waals surface area contributed by atoms with Crippen LogP contribution >= 0.6 is 15.9 Å². The fraction of sp³-hybridized carbons (Fsp3) is 0.545. The second-order valence-corrected chi connectivity index (χ2v) is 5.26. The van der Waals surface area contributed by atoms with E-state index in [0.717, 1.165) is 5.69 Å². The zero-order valence-electron chi connectivity index (χ0n) is 8.12. The molecule has 1 heterocycles. The van der Waals surface area contributed by atoms with E-state index in [1.807, 2.05) is 12.3 Å². The molecular weight excluding hydrogens is 240 g/mol. The van der Waals surface area contributed by atoms with Crippen LogP contribution in [0.1, 0.15) is 37.2 Å². The van der Waals surface area contributed by atoms with Crippen LogP contribution in [0.3, 0.4) is 0 Å². The molecule has 2 nitrogen and oxygen atoms in total. The smallest absolute Gasteiger partial charge is 0.0380 e. The van der Waals surface area contributed by atoms with Crippen LogP contribution in [0.15, 0.2) is 18.5 Å². The second-order valence-electron chi connectivity index (χ2n) is 3.97. The summed E-state index contributed by atoms with van der Waals surface area (Å²) < 4.78 is 0. The number of anilines is 1. The normalized spacial score (nSPS) is 27.5. The first kappa shape index (κ1) is 9.97. The van der Waals surface area contributed by atoms with Crippen LogP contribution in [0, 0.1) is 0 Å². The van der Waals surface area contributed by atoms with Crippen molar-refractivity contribution in [2.24, 2.45) is 0 Å². The summed E-state index contributed by atoms with van der Waals surface area (Å²) >= 11 is 3.69. The van der Waals surface area contributed by atoms with Gasteiger partial charge in [0.2, 0.25) is 0 Å². The Labute approximate surface area is 93.0 Å². The third kappa shape index (κ3) is 2.08. The fourth-order valence-corrected chi connectivity index (χ4v) is 2.95. The van der Waals surface area contributed by atoms with Gasteiger partial charge in [0.15, 0.2) is 0 Å². The molecule has 1 saturated carbocycles. The molecule has 0 aromatic carbocycles. The van der Waals surface area contributed by atoms with Crippen molar-refractivity contribution in [1.29, 1.82) is 0 Å². The number of rotatable bonds is 1. The van der Waals surface area contributed by atoms with Crippen LogP contribution in [0.5, 0.6) is 0 Å². The van der Waals surface area contributed by atoms with Gasteiger partial charge in [-0.2, -0.15) is 0 Å². The summed E-state index contributed by atoms with van der Waals surface area (Å²) in [6.07, 6.45) is 8.69. The first-order valence-corrected chi connectivity index (χ1v) is 6.02. The highest BCUT2D eigenvalue weighted by molar-refractivity contribution is 9.09. The maximum Gasteiger partial charge on any atom is 0.0380 e. The number of nitrogens with zero attached hydrogens (tertiary/aromatic N) is 1. The molecule has 2 atom stereocenters. The van der Waals surface area contributed by atoms with Crippen LogP contribution in [-0.2, 0) is 0 Å². The highest BCUT2D eigenvalue weighted by Crippen LogP contribution is 2.37. The lowest BCUT2D eigenvalue weighted by atomic mass is 9.84. The average molecular weight is 255 g/mol. The number of halogens is 1. The van der Waals surface area contributed by atoms with E-state index in [0.29, 0.717) is 10.7 Å². The quantitative estimate of drug-likeness (QED) is 0.783. The number of nitrogens with two attached hydrogens (primary N) is 1. The lowest BCUT2D eigenvalue weighted by molar-refractivity contribution is 0.458. The van der Waals surface area contributed by atoms with Gasteiger partial charge in [0.1, 0.15) is 0 Å². The monoisotopic (exact) mass is 254 g/mol. The largest absolute Gasteiger partial charge is 0.398 e. The molecule has 1 aliphatic rings. The van der Waals surface area contributed by atoms with Crippen molar-refractivity contribution in [3.05, 3.63) is 24.0 Å². The van der Waals surface area contributed by atoms with Gasteiger partial charge in [0.05, 0.1) is 0 Å². The molecule has 0 aliphatic heterocycles. The van der Waals surface area contributed by atoms with Crippen LogP contribution in [-0.4, -0.2) is 9.81 Å². The maximum absolute atomic E-state index is 5.94. The van der Waals surface area contributed by atoms with Gasteiger partial charge in [0, 0.05) is 22.9 Å². The summed E-state index contributed by atoms with van der Waals surface area (Å²) in [5, 5.41) is 0. The van der Waals surface area contributed by atoms with Gasteiger partial charge in [-0.3, -0.25) is 4.98 Å². The van der Waals surface area contributed by atoms with E-state index in [4.69, 9.17) is 5.73 Å². The Morgan fingerprint density at radius 2 is 2.29 bits per heavy atom. The van der Waals surface area contributed by atoms with Crippen LogP contribution in [0.4, 0.5) is 5.69 Å². The number of nitrogen functional groups attached to an aromatic ring is 1. The second kappa shape index (κ2) is 4.30. The molecule has 3 heteroatoms. The molecule has 1 aromatic rings. The van der Waals surface area contributed by atoms with Crippen molar-refractivity contribution in [1.82, 2.24) is 4.98 Å². The Hall–Kier alpha value is -0.570. The summed E-state index contributed by atoms with van der Waals surface area (Å²) in [6.45, 7) is 0. The molecule has 2 N–H and O–H groups in total. The molecule has 1 aromatic heterocycles. The Kier molecular flexibility index (Phi) is 3.06. The van der Waals surface area contributed by atoms with Gasteiger partial charge in [0.25, 0.3) is 0 Å². The minimum absolute atomic E-state index is 0.599. The van der Waals surface area contributed by atoms with Crippen LogP contribution in [0.2, 0.25) is 0 Å². The van der Waals surface area contributed by atoms with Crippen molar-refractivity contribution < 1.29 is 0 Å². The van der Waals surface area contributed by atoms with Gasteiger partial charge >= 0.3 is 0 Å². The summed E-state index contributed by atoms with van der Waals surface area (Å²) in [5.41, 5.74) is 8.07. The SMILES string of the molecule is Nc1ccncc1C1CCCC(Br)C1. The maximum atomic E-state index is 5.94. The van der Waals surface area contributed by atoms with E-state index >= 15 is 0 Å². The van der Waals surface area contributed by atoms with Gasteiger partial charge in [-0.25, -0.2) is 0 Å². The zero-order chi connectivity index (χ0) is 9.97. The third-order valence-electron chi connectivity index (χ3n) is 2.94. The Morgan fingerprint density at radius 3 is 3.00 bits per heavy atom. The molecule has 14 heavy (non-hydrogen) atoms.